The number of hydrogen-bond acceptors (Lipinski definition) is 3. The summed E-state index contributed by atoms with van der Waals surface area (Å²) in [5.74, 6) is -0.648. The Balaban J connectivity index is 1.90. The van der Waals surface area contributed by atoms with E-state index in [2.05, 4.69) is 5.32 Å². The van der Waals surface area contributed by atoms with Gasteiger partial charge < -0.3 is 5.32 Å². The third kappa shape index (κ3) is 3.14. The molecule has 1 aliphatic heterocycles. The standard InChI is InChI=1S/C22H24N2O3/c1-13-8-6-7-9-18(13)22(5)20(26)24(21(27)23-22)12-19(25)17-11-15(3)14(2)10-16(17)4/h6-11H,12H2,1-5H3,(H,23,27). The van der Waals surface area contributed by atoms with E-state index in [0.29, 0.717) is 5.56 Å². The van der Waals surface area contributed by atoms with E-state index >= 15 is 0 Å². The second kappa shape index (κ2) is 6.65. The molecule has 0 aromatic heterocycles. The van der Waals surface area contributed by atoms with Gasteiger partial charge in [0.05, 0.1) is 6.54 Å². The summed E-state index contributed by atoms with van der Waals surface area (Å²) in [6.45, 7) is 9.10. The fraction of sp³-hybridized carbons (Fsp3) is 0.318. The normalized spacial score (nSPS) is 19.4. The SMILES string of the molecule is Cc1cc(C)c(C(=O)CN2C(=O)NC(C)(c3ccccc3C)C2=O)cc1C. The van der Waals surface area contributed by atoms with Crippen molar-refractivity contribution in [1.29, 1.82) is 0 Å². The van der Waals surface area contributed by atoms with E-state index < -0.39 is 17.5 Å². The van der Waals surface area contributed by atoms with Crippen LogP contribution in [0.15, 0.2) is 36.4 Å². The first-order valence-electron chi connectivity index (χ1n) is 8.96. The fourth-order valence-electron chi connectivity index (χ4n) is 3.65. The number of hydrogen-bond donors (Lipinski definition) is 1. The molecule has 0 saturated carbocycles. The topological polar surface area (TPSA) is 66.5 Å². The summed E-state index contributed by atoms with van der Waals surface area (Å²) in [6, 6.07) is 10.7. The molecule has 0 radical (unpaired) electrons. The van der Waals surface area contributed by atoms with Gasteiger partial charge >= 0.3 is 6.03 Å². The third-order valence-electron chi connectivity index (χ3n) is 5.40. The largest absolute Gasteiger partial charge is 0.325 e. The van der Waals surface area contributed by atoms with Crippen LogP contribution in [-0.2, 0) is 10.3 Å². The number of ketones is 1. The lowest BCUT2D eigenvalue weighted by Gasteiger charge is -2.24. The molecule has 0 bridgehead atoms. The maximum atomic E-state index is 13.1. The molecule has 1 heterocycles. The molecule has 3 amide bonds. The van der Waals surface area contributed by atoms with Gasteiger partial charge in [-0.3, -0.25) is 14.5 Å². The molecule has 1 unspecified atom stereocenters. The number of carbonyl (C=O) groups is 3. The Morgan fingerprint density at radius 1 is 0.963 bits per heavy atom. The molecule has 3 rings (SSSR count). The van der Waals surface area contributed by atoms with Gasteiger partial charge in [-0.1, -0.05) is 30.3 Å². The zero-order chi connectivity index (χ0) is 19.9. The number of aryl methyl sites for hydroxylation is 4. The van der Waals surface area contributed by atoms with Gasteiger partial charge in [0, 0.05) is 5.56 Å². The highest BCUT2D eigenvalue weighted by Gasteiger charge is 2.50. The van der Waals surface area contributed by atoms with Crippen LogP contribution in [0.25, 0.3) is 0 Å². The van der Waals surface area contributed by atoms with E-state index in [1.165, 1.54) is 0 Å². The van der Waals surface area contributed by atoms with Crippen molar-refractivity contribution < 1.29 is 14.4 Å². The predicted molar refractivity (Wildman–Crippen MR) is 104 cm³/mol. The van der Waals surface area contributed by atoms with E-state index in [9.17, 15) is 14.4 Å². The van der Waals surface area contributed by atoms with Crippen LogP contribution in [0.3, 0.4) is 0 Å². The summed E-state index contributed by atoms with van der Waals surface area (Å²) in [7, 11) is 0. The number of imide groups is 1. The van der Waals surface area contributed by atoms with Crippen LogP contribution in [0, 0.1) is 27.7 Å². The molecule has 5 nitrogen and oxygen atoms in total. The number of nitrogens with one attached hydrogen (secondary N) is 1. The number of rotatable bonds is 4. The quantitative estimate of drug-likeness (QED) is 0.666. The van der Waals surface area contributed by atoms with E-state index in [1.807, 2.05) is 64.1 Å². The first kappa shape index (κ1) is 18.8. The molecule has 1 fully saturated rings. The first-order chi connectivity index (χ1) is 12.6. The van der Waals surface area contributed by atoms with Crippen molar-refractivity contribution in [2.24, 2.45) is 0 Å². The maximum absolute atomic E-state index is 13.1. The Morgan fingerprint density at radius 3 is 2.26 bits per heavy atom. The lowest BCUT2D eigenvalue weighted by molar-refractivity contribution is -0.130. The molecular weight excluding hydrogens is 340 g/mol. The molecule has 1 aliphatic rings. The first-order valence-corrected chi connectivity index (χ1v) is 8.96. The summed E-state index contributed by atoms with van der Waals surface area (Å²) in [5.41, 5.74) is 3.98. The van der Waals surface area contributed by atoms with Gasteiger partial charge in [0.25, 0.3) is 5.91 Å². The summed E-state index contributed by atoms with van der Waals surface area (Å²) in [4.78, 5) is 39.4. The third-order valence-corrected chi connectivity index (χ3v) is 5.40. The average Bonchev–Trinajstić information content (AvgIpc) is 2.82. The van der Waals surface area contributed by atoms with Gasteiger partial charge in [-0.15, -0.1) is 0 Å². The second-order valence-electron chi connectivity index (χ2n) is 7.44. The van der Waals surface area contributed by atoms with Crippen LogP contribution in [0.5, 0.6) is 0 Å². The summed E-state index contributed by atoms with van der Waals surface area (Å²) in [5, 5.41) is 2.76. The van der Waals surface area contributed by atoms with Crippen LogP contribution < -0.4 is 5.32 Å². The number of carbonyl (C=O) groups excluding carboxylic acids is 3. The maximum Gasteiger partial charge on any atom is 0.325 e. The Morgan fingerprint density at radius 2 is 1.59 bits per heavy atom. The predicted octanol–water partition coefficient (Wildman–Crippen LogP) is 3.57. The Bertz CT molecular complexity index is 964. The highest BCUT2D eigenvalue weighted by Crippen LogP contribution is 2.31. The molecule has 1 saturated heterocycles. The van der Waals surface area contributed by atoms with Gasteiger partial charge in [0.2, 0.25) is 0 Å². The van der Waals surface area contributed by atoms with Crippen molar-refractivity contribution in [2.75, 3.05) is 6.54 Å². The molecule has 27 heavy (non-hydrogen) atoms. The zero-order valence-electron chi connectivity index (χ0n) is 16.3. The molecule has 0 spiro atoms. The lowest BCUT2D eigenvalue weighted by atomic mass is 9.88. The van der Waals surface area contributed by atoms with Crippen molar-refractivity contribution in [3.8, 4) is 0 Å². The fourth-order valence-corrected chi connectivity index (χ4v) is 3.65. The number of nitrogens with zero attached hydrogens (tertiary/aromatic N) is 1. The van der Waals surface area contributed by atoms with Crippen LogP contribution in [0.4, 0.5) is 4.79 Å². The van der Waals surface area contributed by atoms with Crippen LogP contribution in [0.2, 0.25) is 0 Å². The summed E-state index contributed by atoms with van der Waals surface area (Å²) in [6.07, 6.45) is 0. The number of Topliss-reactive ketones (excluding diaryl/α,β-unsaturated/α-hetero) is 1. The van der Waals surface area contributed by atoms with E-state index in [0.717, 1.165) is 32.7 Å². The van der Waals surface area contributed by atoms with Crippen molar-refractivity contribution in [3.63, 3.8) is 0 Å². The van der Waals surface area contributed by atoms with Gasteiger partial charge in [-0.05, 0) is 68.5 Å². The molecule has 1 N–H and O–H groups in total. The number of urea groups is 1. The number of amides is 3. The van der Waals surface area contributed by atoms with Crippen LogP contribution in [0.1, 0.15) is 45.1 Å². The van der Waals surface area contributed by atoms with Crippen LogP contribution >= 0.6 is 0 Å². The second-order valence-corrected chi connectivity index (χ2v) is 7.44. The summed E-state index contributed by atoms with van der Waals surface area (Å²) < 4.78 is 0. The lowest BCUT2D eigenvalue weighted by Crippen LogP contribution is -2.42. The number of benzene rings is 2. The molecule has 2 aromatic rings. The minimum atomic E-state index is -1.17. The Kier molecular flexibility index (Phi) is 4.64. The van der Waals surface area contributed by atoms with Gasteiger partial charge in [0.15, 0.2) is 5.78 Å². The molecular formula is C22H24N2O3. The van der Waals surface area contributed by atoms with Crippen molar-refractivity contribution in [2.45, 2.75) is 40.2 Å². The highest BCUT2D eigenvalue weighted by molar-refractivity contribution is 6.11. The van der Waals surface area contributed by atoms with Crippen molar-refractivity contribution >= 4 is 17.7 Å². The van der Waals surface area contributed by atoms with Crippen molar-refractivity contribution in [3.05, 3.63) is 69.8 Å². The molecule has 0 aliphatic carbocycles. The zero-order valence-corrected chi connectivity index (χ0v) is 16.3. The van der Waals surface area contributed by atoms with Crippen LogP contribution in [-0.4, -0.2) is 29.2 Å². The minimum absolute atomic E-state index is 0.242. The van der Waals surface area contributed by atoms with Gasteiger partial charge in [0.1, 0.15) is 5.54 Å². The van der Waals surface area contributed by atoms with Gasteiger partial charge in [-0.2, -0.15) is 0 Å². The average molecular weight is 364 g/mol. The highest BCUT2D eigenvalue weighted by atomic mass is 16.2. The molecule has 5 heteroatoms. The van der Waals surface area contributed by atoms with E-state index in [4.69, 9.17) is 0 Å². The Hall–Kier alpha value is -2.95. The Labute approximate surface area is 159 Å². The molecule has 140 valence electrons. The van der Waals surface area contributed by atoms with E-state index in [-0.39, 0.29) is 12.3 Å². The molecule has 1 atom stereocenters. The molecule has 2 aromatic carbocycles. The smallest absolute Gasteiger partial charge is 0.319 e. The monoisotopic (exact) mass is 364 g/mol. The van der Waals surface area contributed by atoms with Crippen molar-refractivity contribution in [1.82, 2.24) is 10.2 Å². The van der Waals surface area contributed by atoms with E-state index in [1.54, 1.807) is 6.92 Å². The minimum Gasteiger partial charge on any atom is -0.319 e. The van der Waals surface area contributed by atoms with Gasteiger partial charge in [-0.25, -0.2) is 4.79 Å². The summed E-state index contributed by atoms with van der Waals surface area (Å²) >= 11 is 0.